The van der Waals surface area contributed by atoms with Gasteiger partial charge in [-0.15, -0.1) is 10.2 Å². The van der Waals surface area contributed by atoms with Crippen LogP contribution in [-0.4, -0.2) is 16.7 Å². The highest BCUT2D eigenvalue weighted by Crippen LogP contribution is 2.38. The summed E-state index contributed by atoms with van der Waals surface area (Å²) in [5, 5.41) is 11.9. The molecule has 1 aromatic rings. The van der Waals surface area contributed by atoms with Crippen LogP contribution in [0.4, 0.5) is 0 Å². The van der Waals surface area contributed by atoms with Crippen molar-refractivity contribution >= 4 is 0 Å². The molecule has 0 saturated heterocycles. The summed E-state index contributed by atoms with van der Waals surface area (Å²) >= 11 is 0. The van der Waals surface area contributed by atoms with Gasteiger partial charge in [0, 0.05) is 5.41 Å². The fraction of sp³-hybridized carbons (Fsp3) is 0.857. The molecule has 4 nitrogen and oxygen atoms in total. The first-order valence-corrected chi connectivity index (χ1v) is 7.27. The van der Waals surface area contributed by atoms with Crippen molar-refractivity contribution in [1.82, 2.24) is 15.5 Å². The van der Waals surface area contributed by atoms with E-state index in [1.807, 2.05) is 0 Å². The van der Waals surface area contributed by atoms with Crippen molar-refractivity contribution in [2.75, 3.05) is 6.54 Å². The number of hydrogen-bond acceptors (Lipinski definition) is 4. The van der Waals surface area contributed by atoms with Crippen molar-refractivity contribution in [2.45, 2.75) is 70.8 Å². The molecular weight excluding hydrogens is 226 g/mol. The van der Waals surface area contributed by atoms with Crippen molar-refractivity contribution < 1.29 is 4.42 Å². The molecule has 1 aliphatic rings. The Balaban J connectivity index is 2.13. The van der Waals surface area contributed by atoms with Crippen LogP contribution in [0.15, 0.2) is 4.42 Å². The van der Waals surface area contributed by atoms with Gasteiger partial charge in [0.25, 0.3) is 0 Å². The van der Waals surface area contributed by atoms with Crippen molar-refractivity contribution in [3.63, 3.8) is 0 Å². The lowest BCUT2D eigenvalue weighted by molar-refractivity contribution is 0.245. The van der Waals surface area contributed by atoms with Crippen LogP contribution in [0.2, 0.25) is 0 Å². The molecule has 1 atom stereocenters. The maximum absolute atomic E-state index is 5.95. The highest BCUT2D eigenvalue weighted by molar-refractivity contribution is 5.04. The molecule has 4 heteroatoms. The van der Waals surface area contributed by atoms with E-state index >= 15 is 0 Å². The molecule has 102 valence electrons. The minimum Gasteiger partial charge on any atom is -0.423 e. The molecule has 1 heterocycles. The van der Waals surface area contributed by atoms with Crippen molar-refractivity contribution in [3.8, 4) is 0 Å². The van der Waals surface area contributed by atoms with Gasteiger partial charge in [-0.1, -0.05) is 40.0 Å². The molecule has 18 heavy (non-hydrogen) atoms. The van der Waals surface area contributed by atoms with Gasteiger partial charge in [-0.05, 0) is 25.8 Å². The van der Waals surface area contributed by atoms with Gasteiger partial charge in [-0.2, -0.15) is 0 Å². The molecular formula is C14H25N3O. The molecule has 1 N–H and O–H groups in total. The standard InChI is InChI=1S/C14H25N3O/c1-4-11(15-5-2)12-16-17-13(18-12)14(3)9-7-6-8-10-14/h11,15H,4-10H2,1-3H3. The summed E-state index contributed by atoms with van der Waals surface area (Å²) in [7, 11) is 0. The van der Waals surface area contributed by atoms with Crippen molar-refractivity contribution in [3.05, 3.63) is 11.8 Å². The lowest BCUT2D eigenvalue weighted by Gasteiger charge is -2.29. The first-order chi connectivity index (χ1) is 8.69. The number of nitrogens with one attached hydrogen (secondary N) is 1. The van der Waals surface area contributed by atoms with Crippen LogP contribution in [0, 0.1) is 0 Å². The smallest absolute Gasteiger partial charge is 0.233 e. The van der Waals surface area contributed by atoms with Crippen LogP contribution < -0.4 is 5.32 Å². The summed E-state index contributed by atoms with van der Waals surface area (Å²) in [5.74, 6) is 1.59. The fourth-order valence-corrected chi connectivity index (χ4v) is 2.82. The monoisotopic (exact) mass is 251 g/mol. The Morgan fingerprint density at radius 1 is 1.22 bits per heavy atom. The minimum atomic E-state index is 0.105. The first kappa shape index (κ1) is 13.5. The molecule has 2 rings (SSSR count). The van der Waals surface area contributed by atoms with Gasteiger partial charge in [0.15, 0.2) is 0 Å². The van der Waals surface area contributed by atoms with Gasteiger partial charge in [0.05, 0.1) is 6.04 Å². The van der Waals surface area contributed by atoms with E-state index in [9.17, 15) is 0 Å². The number of hydrogen-bond donors (Lipinski definition) is 1. The largest absolute Gasteiger partial charge is 0.423 e. The second kappa shape index (κ2) is 5.83. The molecule has 0 bridgehead atoms. The molecule has 0 aromatic carbocycles. The Bertz CT molecular complexity index is 369. The third-order valence-electron chi connectivity index (χ3n) is 4.07. The zero-order valence-corrected chi connectivity index (χ0v) is 11.8. The summed E-state index contributed by atoms with van der Waals surface area (Å²) in [5.41, 5.74) is 0.105. The average molecular weight is 251 g/mol. The Morgan fingerprint density at radius 3 is 2.56 bits per heavy atom. The second-order valence-electron chi connectivity index (χ2n) is 5.59. The zero-order chi connectivity index (χ0) is 13.0. The highest BCUT2D eigenvalue weighted by atomic mass is 16.4. The number of nitrogens with zero attached hydrogens (tertiary/aromatic N) is 2. The van der Waals surface area contributed by atoms with Crippen LogP contribution in [0.1, 0.15) is 77.1 Å². The van der Waals surface area contributed by atoms with E-state index in [1.54, 1.807) is 0 Å². The van der Waals surface area contributed by atoms with Crippen LogP contribution in [0.3, 0.4) is 0 Å². The molecule has 0 aliphatic heterocycles. The van der Waals surface area contributed by atoms with Crippen LogP contribution >= 0.6 is 0 Å². The van der Waals surface area contributed by atoms with Gasteiger partial charge in [-0.25, -0.2) is 0 Å². The number of aromatic nitrogens is 2. The Labute approximate surface area is 110 Å². The molecule has 1 aromatic heterocycles. The van der Waals surface area contributed by atoms with Gasteiger partial charge in [-0.3, -0.25) is 0 Å². The molecule has 1 aliphatic carbocycles. The third kappa shape index (κ3) is 2.74. The zero-order valence-electron chi connectivity index (χ0n) is 11.8. The average Bonchev–Trinajstić information content (AvgIpc) is 2.87. The predicted octanol–water partition coefficient (Wildman–Crippen LogP) is 3.35. The SMILES string of the molecule is CCNC(CC)c1nnc(C2(C)CCCCC2)o1. The van der Waals surface area contributed by atoms with E-state index in [4.69, 9.17) is 4.42 Å². The van der Waals surface area contributed by atoms with E-state index < -0.39 is 0 Å². The van der Waals surface area contributed by atoms with E-state index in [-0.39, 0.29) is 11.5 Å². The minimum absolute atomic E-state index is 0.105. The van der Waals surface area contributed by atoms with E-state index in [0.717, 1.165) is 24.7 Å². The molecule has 0 amide bonds. The van der Waals surface area contributed by atoms with Crippen molar-refractivity contribution in [2.24, 2.45) is 0 Å². The maximum atomic E-state index is 5.95. The second-order valence-corrected chi connectivity index (χ2v) is 5.59. The van der Waals surface area contributed by atoms with E-state index in [2.05, 4.69) is 36.3 Å². The van der Waals surface area contributed by atoms with Crippen LogP contribution in [-0.2, 0) is 5.41 Å². The quantitative estimate of drug-likeness (QED) is 0.872. The lowest BCUT2D eigenvalue weighted by atomic mass is 9.76. The van der Waals surface area contributed by atoms with Gasteiger partial charge >= 0.3 is 0 Å². The Hall–Kier alpha value is -0.900. The topological polar surface area (TPSA) is 51.0 Å². The Kier molecular flexibility index (Phi) is 4.38. The maximum Gasteiger partial charge on any atom is 0.233 e. The summed E-state index contributed by atoms with van der Waals surface area (Å²) in [6, 6.07) is 0.198. The normalized spacial score (nSPS) is 20.8. The van der Waals surface area contributed by atoms with E-state index in [1.165, 1.54) is 32.1 Å². The molecule has 1 unspecified atom stereocenters. The Morgan fingerprint density at radius 2 is 1.94 bits per heavy atom. The summed E-state index contributed by atoms with van der Waals surface area (Å²) in [4.78, 5) is 0. The predicted molar refractivity (Wildman–Crippen MR) is 71.4 cm³/mol. The third-order valence-corrected chi connectivity index (χ3v) is 4.07. The van der Waals surface area contributed by atoms with Crippen LogP contribution in [0.25, 0.3) is 0 Å². The van der Waals surface area contributed by atoms with Crippen LogP contribution in [0.5, 0.6) is 0 Å². The first-order valence-electron chi connectivity index (χ1n) is 7.27. The molecule has 1 saturated carbocycles. The van der Waals surface area contributed by atoms with Gasteiger partial charge < -0.3 is 9.73 Å². The van der Waals surface area contributed by atoms with Crippen molar-refractivity contribution in [1.29, 1.82) is 0 Å². The summed E-state index contributed by atoms with van der Waals surface area (Å²) in [6.07, 6.45) is 7.22. The fourth-order valence-electron chi connectivity index (χ4n) is 2.82. The van der Waals surface area contributed by atoms with Gasteiger partial charge in [0.2, 0.25) is 11.8 Å². The molecule has 0 spiro atoms. The number of rotatable bonds is 5. The summed E-state index contributed by atoms with van der Waals surface area (Å²) < 4.78 is 5.95. The lowest BCUT2D eigenvalue weighted by Crippen LogP contribution is -2.25. The highest BCUT2D eigenvalue weighted by Gasteiger charge is 2.34. The van der Waals surface area contributed by atoms with Gasteiger partial charge in [0.1, 0.15) is 0 Å². The summed E-state index contributed by atoms with van der Waals surface area (Å²) in [6.45, 7) is 7.42. The van der Waals surface area contributed by atoms with E-state index in [0.29, 0.717) is 0 Å². The molecule has 1 fully saturated rings. The molecule has 0 radical (unpaired) electrons.